The number of halogens is 1. The van der Waals surface area contributed by atoms with Gasteiger partial charge < -0.3 is 19.6 Å². The van der Waals surface area contributed by atoms with Crippen LogP contribution in [-0.2, 0) is 19.1 Å². The van der Waals surface area contributed by atoms with E-state index < -0.39 is 33.4 Å². The molecule has 3 heterocycles. The monoisotopic (exact) mass is 560 g/mol. The highest BCUT2D eigenvalue weighted by Gasteiger charge is 2.78. The van der Waals surface area contributed by atoms with Gasteiger partial charge in [0, 0.05) is 22.0 Å². The van der Waals surface area contributed by atoms with Crippen LogP contribution in [0.15, 0.2) is 49.6 Å². The molecule has 3 aliphatic heterocycles. The standard InChI is InChI=1S/C29H37ClN2O5S/c1-5-8-9-17-37-27(36)23-22-25(34)32(20(7-3)18-33)24(29(22)15-14-28(23,4)38-29)26(35)31(16-6-2)21-12-10-19(30)11-13-21/h5-6,10-13,20,22-24,33H,1-2,7-9,14-18H2,3-4H3/t20-,22-,23-,24?,28+,29?/m0/s1. The molecule has 3 saturated heterocycles. The third-order valence-electron chi connectivity index (χ3n) is 8.29. The van der Waals surface area contributed by atoms with Gasteiger partial charge in [0.2, 0.25) is 5.91 Å². The molecule has 7 nitrogen and oxygen atoms in total. The van der Waals surface area contributed by atoms with E-state index >= 15 is 0 Å². The Morgan fingerprint density at radius 3 is 2.61 bits per heavy atom. The highest BCUT2D eigenvalue weighted by atomic mass is 35.5. The quantitative estimate of drug-likeness (QED) is 0.228. The number of benzene rings is 1. The van der Waals surface area contributed by atoms with Crippen LogP contribution in [0.4, 0.5) is 5.69 Å². The molecule has 3 aliphatic rings. The molecule has 2 bridgehead atoms. The number of thioether (sulfide) groups is 1. The largest absolute Gasteiger partial charge is 0.465 e. The van der Waals surface area contributed by atoms with E-state index in [1.165, 1.54) is 0 Å². The van der Waals surface area contributed by atoms with E-state index in [1.807, 2.05) is 13.8 Å². The highest BCUT2D eigenvalue weighted by Crippen LogP contribution is 2.71. The minimum absolute atomic E-state index is 0.242. The lowest BCUT2D eigenvalue weighted by molar-refractivity contribution is -0.156. The lowest BCUT2D eigenvalue weighted by Gasteiger charge is -2.39. The molecule has 9 heteroatoms. The summed E-state index contributed by atoms with van der Waals surface area (Å²) < 4.78 is 4.37. The summed E-state index contributed by atoms with van der Waals surface area (Å²) in [7, 11) is 0. The van der Waals surface area contributed by atoms with E-state index in [2.05, 4.69) is 13.2 Å². The van der Waals surface area contributed by atoms with Gasteiger partial charge in [-0.25, -0.2) is 0 Å². The number of anilines is 1. The van der Waals surface area contributed by atoms with Gasteiger partial charge in [0.05, 0.1) is 35.8 Å². The summed E-state index contributed by atoms with van der Waals surface area (Å²) in [5.41, 5.74) is 0.644. The van der Waals surface area contributed by atoms with Crippen molar-refractivity contribution in [1.29, 1.82) is 0 Å². The molecular weight excluding hydrogens is 524 g/mol. The maximum atomic E-state index is 14.5. The van der Waals surface area contributed by atoms with Gasteiger partial charge in [-0.1, -0.05) is 30.7 Å². The van der Waals surface area contributed by atoms with Gasteiger partial charge in [0.25, 0.3) is 5.91 Å². The molecule has 1 spiro atoms. The number of carbonyl (C=O) groups excluding carboxylic acids is 3. The Balaban J connectivity index is 1.76. The summed E-state index contributed by atoms with van der Waals surface area (Å²) in [5.74, 6) is -2.22. The van der Waals surface area contributed by atoms with Crippen molar-refractivity contribution in [3.63, 3.8) is 0 Å². The van der Waals surface area contributed by atoms with Crippen molar-refractivity contribution < 1.29 is 24.2 Å². The van der Waals surface area contributed by atoms with Crippen LogP contribution in [-0.4, -0.2) is 69.1 Å². The number of esters is 1. The van der Waals surface area contributed by atoms with Gasteiger partial charge in [-0.3, -0.25) is 14.4 Å². The molecule has 4 rings (SSSR count). The Morgan fingerprint density at radius 1 is 1.29 bits per heavy atom. The minimum Gasteiger partial charge on any atom is -0.465 e. The van der Waals surface area contributed by atoms with Gasteiger partial charge in [-0.2, -0.15) is 0 Å². The normalized spacial score (nSPS) is 30.2. The number of hydrogen-bond donors (Lipinski definition) is 1. The van der Waals surface area contributed by atoms with Gasteiger partial charge in [-0.15, -0.1) is 24.9 Å². The van der Waals surface area contributed by atoms with Gasteiger partial charge in [0.15, 0.2) is 0 Å². The Hall–Kier alpha value is -2.29. The first-order valence-corrected chi connectivity index (χ1v) is 14.5. The summed E-state index contributed by atoms with van der Waals surface area (Å²) in [6.45, 7) is 11.7. The first-order chi connectivity index (χ1) is 18.2. The number of amides is 2. The highest BCUT2D eigenvalue weighted by molar-refractivity contribution is 8.02. The van der Waals surface area contributed by atoms with E-state index in [9.17, 15) is 19.5 Å². The Bertz CT molecular complexity index is 1090. The van der Waals surface area contributed by atoms with Crippen LogP contribution in [0.3, 0.4) is 0 Å². The fourth-order valence-electron chi connectivity index (χ4n) is 6.52. The van der Waals surface area contributed by atoms with Crippen LogP contribution >= 0.6 is 23.4 Å². The van der Waals surface area contributed by atoms with Gasteiger partial charge in [0.1, 0.15) is 6.04 Å². The molecule has 0 aromatic heterocycles. The molecule has 1 aromatic carbocycles. The van der Waals surface area contributed by atoms with Crippen molar-refractivity contribution in [3.8, 4) is 0 Å². The molecule has 3 fully saturated rings. The molecule has 0 saturated carbocycles. The first kappa shape index (κ1) is 28.7. The number of aliphatic hydroxyl groups is 1. The molecule has 1 aromatic rings. The molecule has 0 aliphatic carbocycles. The maximum absolute atomic E-state index is 14.5. The van der Waals surface area contributed by atoms with E-state index in [0.29, 0.717) is 36.4 Å². The Labute approximate surface area is 234 Å². The number of fused-ring (bicyclic) bond motifs is 1. The number of nitrogens with zero attached hydrogens (tertiary/aromatic N) is 2. The first-order valence-electron chi connectivity index (χ1n) is 13.3. The number of unbranched alkanes of at least 4 members (excludes halogenated alkanes) is 1. The average Bonchev–Trinajstić information content (AvgIpc) is 3.47. The number of allylic oxidation sites excluding steroid dienone is 1. The third-order valence-corrected chi connectivity index (χ3v) is 10.5. The molecule has 38 heavy (non-hydrogen) atoms. The summed E-state index contributed by atoms with van der Waals surface area (Å²) in [4.78, 5) is 45.4. The van der Waals surface area contributed by atoms with Crippen molar-refractivity contribution in [2.75, 3.05) is 24.7 Å². The van der Waals surface area contributed by atoms with Crippen molar-refractivity contribution in [3.05, 3.63) is 54.6 Å². The van der Waals surface area contributed by atoms with Crippen LogP contribution in [0.2, 0.25) is 5.02 Å². The predicted octanol–water partition coefficient (Wildman–Crippen LogP) is 4.62. The summed E-state index contributed by atoms with van der Waals surface area (Å²) >= 11 is 7.69. The van der Waals surface area contributed by atoms with Crippen molar-refractivity contribution in [2.24, 2.45) is 11.8 Å². The van der Waals surface area contributed by atoms with Crippen molar-refractivity contribution in [1.82, 2.24) is 4.90 Å². The molecule has 0 radical (unpaired) electrons. The zero-order valence-electron chi connectivity index (χ0n) is 22.1. The second-order valence-corrected chi connectivity index (χ2v) is 12.9. The van der Waals surface area contributed by atoms with E-state index in [-0.39, 0.29) is 37.5 Å². The fourth-order valence-corrected chi connectivity index (χ4v) is 8.97. The number of rotatable bonds is 12. The van der Waals surface area contributed by atoms with Gasteiger partial charge >= 0.3 is 5.97 Å². The van der Waals surface area contributed by atoms with E-state index in [0.717, 1.165) is 6.42 Å². The summed E-state index contributed by atoms with van der Waals surface area (Å²) in [6.07, 6.45) is 6.64. The van der Waals surface area contributed by atoms with Crippen molar-refractivity contribution in [2.45, 2.75) is 67.5 Å². The zero-order valence-corrected chi connectivity index (χ0v) is 23.7. The van der Waals surface area contributed by atoms with Gasteiger partial charge in [-0.05, 0) is 63.3 Å². The molecule has 6 atom stereocenters. The second kappa shape index (κ2) is 11.4. The van der Waals surface area contributed by atoms with Crippen molar-refractivity contribution >= 4 is 46.8 Å². The number of likely N-dealkylation sites (tertiary alicyclic amines) is 1. The lowest BCUT2D eigenvalue weighted by atomic mass is 9.66. The molecule has 2 unspecified atom stereocenters. The zero-order chi connectivity index (χ0) is 27.7. The topological polar surface area (TPSA) is 87.1 Å². The molecule has 2 amide bonds. The van der Waals surface area contributed by atoms with Crippen LogP contribution in [0.5, 0.6) is 0 Å². The number of hydrogen-bond acceptors (Lipinski definition) is 6. The summed E-state index contributed by atoms with van der Waals surface area (Å²) in [5, 5.41) is 10.8. The predicted molar refractivity (Wildman–Crippen MR) is 151 cm³/mol. The molecule has 1 N–H and O–H groups in total. The Kier molecular flexibility index (Phi) is 8.65. The van der Waals surface area contributed by atoms with Crippen LogP contribution in [0.25, 0.3) is 0 Å². The smallest absolute Gasteiger partial charge is 0.311 e. The maximum Gasteiger partial charge on any atom is 0.311 e. The SMILES string of the molecule is C=CCCCOC(=O)[C@@H]1[C@H]2C(=O)N([C@@H](CC)CO)C(C(=O)N(CC=C)c3ccc(Cl)cc3)C23CC[C@@]1(C)S3. The van der Waals surface area contributed by atoms with Crippen LogP contribution < -0.4 is 4.90 Å². The fraction of sp³-hybridized carbons (Fsp3) is 0.552. The van der Waals surface area contributed by atoms with Crippen LogP contribution in [0, 0.1) is 11.8 Å². The number of carbonyl (C=O) groups is 3. The molecule has 206 valence electrons. The molecular formula is C29H37ClN2O5S. The van der Waals surface area contributed by atoms with Crippen LogP contribution in [0.1, 0.15) is 46.0 Å². The van der Waals surface area contributed by atoms with E-state index in [4.69, 9.17) is 16.3 Å². The van der Waals surface area contributed by atoms with E-state index in [1.54, 1.807) is 58.0 Å². The Morgan fingerprint density at radius 2 is 2.00 bits per heavy atom. The minimum atomic E-state index is -0.835. The average molecular weight is 561 g/mol. The number of ether oxygens (including phenoxy) is 1. The summed E-state index contributed by atoms with van der Waals surface area (Å²) in [6, 6.07) is 5.61. The third kappa shape index (κ3) is 4.69. The second-order valence-electron chi connectivity index (χ2n) is 10.5. The number of aliphatic hydroxyl groups excluding tert-OH is 1. The lowest BCUT2D eigenvalue weighted by Crippen LogP contribution is -2.57.